The van der Waals surface area contributed by atoms with Crippen molar-refractivity contribution in [2.75, 3.05) is 17.8 Å². The largest absolute Gasteiger partial charge is 0.755 e. The zero-order chi connectivity index (χ0) is 24.3. The van der Waals surface area contributed by atoms with Gasteiger partial charge in [-0.05, 0) is 61.2 Å². The van der Waals surface area contributed by atoms with Crippen LogP contribution in [-0.4, -0.2) is 47.6 Å². The number of aryl methyl sites for hydroxylation is 1. The maximum Gasteiger partial charge on any atom is 0.253 e. The SMILES string of the molecule is Cc1cc(NS(=O)[O-])ccc1/C=C/S(=O)N1CCC2(CC1)N=C(c1cccc(OF)c1)NC2=O. The number of carbonyl (C=O) groups excluding carboxylic acids is 1. The van der Waals surface area contributed by atoms with Gasteiger partial charge in [0.1, 0.15) is 22.4 Å². The number of rotatable bonds is 7. The van der Waals surface area contributed by atoms with E-state index in [0.717, 1.165) is 11.1 Å². The van der Waals surface area contributed by atoms with Crippen molar-refractivity contribution < 1.29 is 27.2 Å². The Labute approximate surface area is 201 Å². The molecule has 2 atom stereocenters. The summed E-state index contributed by atoms with van der Waals surface area (Å²) in [6.45, 7) is 2.65. The van der Waals surface area contributed by atoms with Crippen LogP contribution in [0.2, 0.25) is 0 Å². The minimum atomic E-state index is -2.40. The van der Waals surface area contributed by atoms with E-state index in [0.29, 0.717) is 43.0 Å². The molecule has 0 saturated carbocycles. The van der Waals surface area contributed by atoms with Crippen molar-refractivity contribution >= 4 is 45.8 Å². The Balaban J connectivity index is 1.40. The number of carbonyl (C=O) groups is 1. The second-order valence-electron chi connectivity index (χ2n) is 7.97. The lowest BCUT2D eigenvalue weighted by Crippen LogP contribution is -2.49. The second-order valence-corrected chi connectivity index (χ2v) is 9.98. The van der Waals surface area contributed by atoms with E-state index in [1.165, 1.54) is 12.1 Å². The molecule has 1 fully saturated rings. The van der Waals surface area contributed by atoms with Crippen LogP contribution in [0.4, 0.5) is 10.2 Å². The van der Waals surface area contributed by atoms with E-state index in [9.17, 15) is 22.3 Å². The van der Waals surface area contributed by atoms with E-state index in [2.05, 4.69) is 20.0 Å². The van der Waals surface area contributed by atoms with Crippen molar-refractivity contribution in [1.29, 1.82) is 0 Å². The van der Waals surface area contributed by atoms with E-state index in [1.54, 1.807) is 46.1 Å². The number of hydrogen-bond donors (Lipinski definition) is 2. The smallest absolute Gasteiger partial charge is 0.253 e. The lowest BCUT2D eigenvalue weighted by molar-refractivity contribution is -0.124. The summed E-state index contributed by atoms with van der Waals surface area (Å²) in [4.78, 5) is 21.1. The van der Waals surface area contributed by atoms with Crippen molar-refractivity contribution in [2.24, 2.45) is 4.99 Å². The van der Waals surface area contributed by atoms with Crippen molar-refractivity contribution in [3.63, 3.8) is 0 Å². The van der Waals surface area contributed by atoms with E-state index in [1.807, 2.05) is 6.92 Å². The molecule has 2 aliphatic rings. The molecule has 1 saturated heterocycles. The minimum absolute atomic E-state index is 0.0221. The summed E-state index contributed by atoms with van der Waals surface area (Å²) in [6.07, 6.45) is 2.52. The Morgan fingerprint density at radius 2 is 2.00 bits per heavy atom. The normalized spacial score (nSPS) is 19.6. The van der Waals surface area contributed by atoms with Gasteiger partial charge in [-0.25, -0.2) is 8.51 Å². The highest BCUT2D eigenvalue weighted by Crippen LogP contribution is 2.32. The van der Waals surface area contributed by atoms with E-state index in [4.69, 9.17) is 0 Å². The number of piperidine rings is 1. The standard InChI is InChI=1S/C22H23FN4O5S2/c1-15-13-18(26-34(30)31)6-5-16(15)7-12-33(29)27-10-8-22(9-11-27)21(28)24-20(25-22)17-3-2-4-19(14-17)32-23/h2-7,12-14,26H,8-11H2,1H3,(H,30,31)(H,24,25,28)/p-1/b12-7+. The molecule has 1 spiro atoms. The summed E-state index contributed by atoms with van der Waals surface area (Å²) in [7, 11) is -1.41. The fourth-order valence-electron chi connectivity index (χ4n) is 3.96. The molecule has 2 heterocycles. The summed E-state index contributed by atoms with van der Waals surface area (Å²) >= 11 is -2.40. The highest BCUT2D eigenvalue weighted by Gasteiger charge is 2.46. The van der Waals surface area contributed by atoms with Crippen LogP contribution in [0.3, 0.4) is 0 Å². The van der Waals surface area contributed by atoms with Crippen molar-refractivity contribution in [1.82, 2.24) is 9.62 Å². The van der Waals surface area contributed by atoms with E-state index < -0.39 is 27.8 Å². The number of aliphatic imine (C=N–C) groups is 1. The molecule has 2 N–H and O–H groups in total. The third kappa shape index (κ3) is 5.25. The van der Waals surface area contributed by atoms with E-state index in [-0.39, 0.29) is 11.7 Å². The van der Waals surface area contributed by atoms with Gasteiger partial charge < -0.3 is 14.6 Å². The molecule has 34 heavy (non-hydrogen) atoms. The molecule has 0 aliphatic carbocycles. The van der Waals surface area contributed by atoms with Crippen LogP contribution in [0.1, 0.15) is 29.5 Å². The third-order valence-electron chi connectivity index (χ3n) is 5.82. The van der Waals surface area contributed by atoms with Crippen LogP contribution >= 0.6 is 0 Å². The number of amides is 1. The highest BCUT2D eigenvalue weighted by molar-refractivity contribution is 7.85. The summed E-state index contributed by atoms with van der Waals surface area (Å²) in [5.41, 5.74) is 1.70. The molecule has 0 bridgehead atoms. The molecule has 2 aromatic rings. The molecule has 0 radical (unpaired) electrons. The Hall–Kier alpha value is -2.93. The molecular weight excluding hydrogens is 483 g/mol. The maximum absolute atomic E-state index is 12.8. The fourth-order valence-corrected chi connectivity index (χ4v) is 5.26. The molecule has 180 valence electrons. The summed E-state index contributed by atoms with van der Waals surface area (Å²) in [5, 5.41) is 4.35. The number of anilines is 1. The average molecular weight is 506 g/mol. The van der Waals surface area contributed by atoms with Crippen molar-refractivity contribution in [3.05, 3.63) is 64.6 Å². The Kier molecular flexibility index (Phi) is 7.22. The molecule has 2 aromatic carbocycles. The first kappa shape index (κ1) is 24.2. The van der Waals surface area contributed by atoms with Gasteiger partial charge in [-0.1, -0.05) is 18.2 Å². The monoisotopic (exact) mass is 505 g/mol. The maximum atomic E-state index is 12.8. The van der Waals surface area contributed by atoms with Gasteiger partial charge >= 0.3 is 0 Å². The minimum Gasteiger partial charge on any atom is -0.755 e. The molecule has 0 aromatic heterocycles. The first-order valence-corrected chi connectivity index (χ1v) is 12.6. The molecule has 2 aliphatic heterocycles. The topological polar surface area (TPSA) is 123 Å². The fraction of sp³-hybridized carbons (Fsp3) is 0.273. The number of benzene rings is 2. The Morgan fingerprint density at radius 1 is 1.24 bits per heavy atom. The van der Waals surface area contributed by atoms with Crippen LogP contribution < -0.4 is 15.0 Å². The predicted molar refractivity (Wildman–Crippen MR) is 127 cm³/mol. The summed E-state index contributed by atoms with van der Waals surface area (Å²) in [6, 6.07) is 11.3. The number of amidine groups is 1. The van der Waals surface area contributed by atoms with E-state index >= 15 is 0 Å². The van der Waals surface area contributed by atoms with Crippen LogP contribution in [-0.2, 0) is 27.0 Å². The van der Waals surface area contributed by atoms with Crippen molar-refractivity contribution in [2.45, 2.75) is 25.3 Å². The Morgan fingerprint density at radius 3 is 2.68 bits per heavy atom. The van der Waals surface area contributed by atoms with Gasteiger partial charge in [-0.15, -0.1) is 0 Å². The molecule has 9 nitrogen and oxygen atoms in total. The average Bonchev–Trinajstić information content (AvgIpc) is 3.14. The van der Waals surface area contributed by atoms with Gasteiger partial charge in [0.25, 0.3) is 5.91 Å². The number of nitrogens with zero attached hydrogens (tertiary/aromatic N) is 2. The molecule has 4 rings (SSSR count). The van der Waals surface area contributed by atoms with Crippen LogP contribution in [0, 0.1) is 6.92 Å². The quantitative estimate of drug-likeness (QED) is 0.560. The number of halogens is 1. The predicted octanol–water partition coefficient (Wildman–Crippen LogP) is 2.51. The summed E-state index contributed by atoms with van der Waals surface area (Å²) < 4.78 is 50.9. The molecule has 1 amide bonds. The van der Waals surface area contributed by atoms with Gasteiger partial charge in [0.05, 0.1) is 0 Å². The number of hydrogen-bond acceptors (Lipinski definition) is 6. The highest BCUT2D eigenvalue weighted by atomic mass is 32.2. The number of nitrogens with one attached hydrogen (secondary N) is 2. The summed E-state index contributed by atoms with van der Waals surface area (Å²) in [5.74, 6) is 0.167. The lowest BCUT2D eigenvalue weighted by atomic mass is 9.89. The van der Waals surface area contributed by atoms with Crippen LogP contribution in [0.5, 0.6) is 5.75 Å². The first-order chi connectivity index (χ1) is 16.3. The second kappa shape index (κ2) is 10.1. The Bertz CT molecular complexity index is 1210. The van der Waals surface area contributed by atoms with Crippen molar-refractivity contribution in [3.8, 4) is 5.75 Å². The third-order valence-corrected chi connectivity index (χ3v) is 7.46. The van der Waals surface area contributed by atoms with Gasteiger partial charge in [0.15, 0.2) is 5.75 Å². The zero-order valence-electron chi connectivity index (χ0n) is 18.2. The van der Waals surface area contributed by atoms with Gasteiger partial charge in [-0.2, -0.15) is 0 Å². The van der Waals surface area contributed by atoms with Crippen LogP contribution in [0.15, 0.2) is 52.9 Å². The van der Waals surface area contributed by atoms with Crippen LogP contribution in [0.25, 0.3) is 6.08 Å². The zero-order valence-corrected chi connectivity index (χ0v) is 19.8. The van der Waals surface area contributed by atoms with Gasteiger partial charge in [-0.3, -0.25) is 18.9 Å². The molecule has 2 unspecified atom stereocenters. The van der Waals surface area contributed by atoms with Gasteiger partial charge in [0, 0.05) is 45.5 Å². The lowest BCUT2D eigenvalue weighted by Gasteiger charge is -2.33. The first-order valence-electron chi connectivity index (χ1n) is 10.4. The molecule has 12 heteroatoms. The molecular formula is C22H22FN4O5S2-. The van der Waals surface area contributed by atoms with Gasteiger partial charge in [0.2, 0.25) is 0 Å².